The van der Waals surface area contributed by atoms with Gasteiger partial charge in [-0.15, -0.1) is 0 Å². The summed E-state index contributed by atoms with van der Waals surface area (Å²) in [5.74, 6) is 0.291. The van der Waals surface area contributed by atoms with Crippen LogP contribution in [0.3, 0.4) is 0 Å². The van der Waals surface area contributed by atoms with Gasteiger partial charge in [-0.3, -0.25) is 9.59 Å². The molecule has 0 spiro atoms. The Kier molecular flexibility index (Phi) is 6.63. The van der Waals surface area contributed by atoms with Crippen molar-refractivity contribution < 1.29 is 14.3 Å². The number of rotatable bonds is 7. The second-order valence-electron chi connectivity index (χ2n) is 6.65. The first-order valence-corrected chi connectivity index (χ1v) is 9.56. The molecule has 0 radical (unpaired) electrons. The van der Waals surface area contributed by atoms with Crippen molar-refractivity contribution in [3.8, 4) is 16.9 Å². The monoisotopic (exact) mass is 388 g/mol. The van der Waals surface area contributed by atoms with Crippen molar-refractivity contribution in [3.05, 3.63) is 78.9 Å². The Bertz CT molecular complexity index is 952. The van der Waals surface area contributed by atoms with Crippen LogP contribution in [0.5, 0.6) is 5.75 Å². The molecule has 0 fully saturated rings. The van der Waals surface area contributed by atoms with Crippen LogP contribution in [0.1, 0.15) is 20.3 Å². The van der Waals surface area contributed by atoms with Crippen molar-refractivity contribution in [1.29, 1.82) is 0 Å². The van der Waals surface area contributed by atoms with Crippen LogP contribution in [0.4, 0.5) is 11.4 Å². The zero-order valence-corrected chi connectivity index (χ0v) is 16.5. The highest BCUT2D eigenvalue weighted by Crippen LogP contribution is 2.23. The summed E-state index contributed by atoms with van der Waals surface area (Å²) in [6.07, 6.45) is -0.0661. The van der Waals surface area contributed by atoms with Gasteiger partial charge in [0.15, 0.2) is 6.10 Å². The largest absolute Gasteiger partial charge is 0.481 e. The Hall–Kier alpha value is -3.60. The summed E-state index contributed by atoms with van der Waals surface area (Å²) in [6, 6.07) is 24.8. The maximum absolute atomic E-state index is 12.6. The topological polar surface area (TPSA) is 67.4 Å². The number of amides is 2. The highest BCUT2D eigenvalue weighted by Gasteiger charge is 2.18. The third-order valence-corrected chi connectivity index (χ3v) is 4.38. The summed E-state index contributed by atoms with van der Waals surface area (Å²) in [7, 11) is 0. The van der Waals surface area contributed by atoms with Gasteiger partial charge in [0.05, 0.1) is 0 Å². The lowest BCUT2D eigenvalue weighted by molar-refractivity contribution is -0.122. The normalized spacial score (nSPS) is 11.4. The molecule has 5 nitrogen and oxygen atoms in total. The van der Waals surface area contributed by atoms with E-state index in [1.54, 1.807) is 24.3 Å². The molecular weight excluding hydrogens is 364 g/mol. The summed E-state index contributed by atoms with van der Waals surface area (Å²) in [5, 5.41) is 5.55. The molecule has 0 aromatic heterocycles. The van der Waals surface area contributed by atoms with Gasteiger partial charge in [-0.25, -0.2) is 0 Å². The average Bonchev–Trinajstić information content (AvgIpc) is 2.74. The molecule has 5 heteroatoms. The van der Waals surface area contributed by atoms with E-state index in [0.717, 1.165) is 11.1 Å². The van der Waals surface area contributed by atoms with E-state index in [1.165, 1.54) is 6.92 Å². The first-order valence-electron chi connectivity index (χ1n) is 9.56. The van der Waals surface area contributed by atoms with E-state index in [1.807, 2.05) is 49.4 Å². The maximum Gasteiger partial charge on any atom is 0.265 e. The van der Waals surface area contributed by atoms with Gasteiger partial charge in [0.1, 0.15) is 5.75 Å². The number of hydrogen-bond acceptors (Lipinski definition) is 3. The fraction of sp³-hybridized carbons (Fsp3) is 0.167. The van der Waals surface area contributed by atoms with Crippen LogP contribution in [-0.4, -0.2) is 17.9 Å². The van der Waals surface area contributed by atoms with Gasteiger partial charge in [-0.1, -0.05) is 49.4 Å². The Labute approximate surface area is 170 Å². The summed E-state index contributed by atoms with van der Waals surface area (Å²) in [4.78, 5) is 23.7. The molecule has 1 unspecified atom stereocenters. The zero-order chi connectivity index (χ0) is 20.6. The van der Waals surface area contributed by atoms with Crippen molar-refractivity contribution in [3.63, 3.8) is 0 Å². The Morgan fingerprint density at radius 1 is 0.793 bits per heavy atom. The van der Waals surface area contributed by atoms with Crippen molar-refractivity contribution in [1.82, 2.24) is 0 Å². The number of hydrogen-bond donors (Lipinski definition) is 2. The van der Waals surface area contributed by atoms with Gasteiger partial charge in [0.25, 0.3) is 5.91 Å². The zero-order valence-electron chi connectivity index (χ0n) is 16.5. The van der Waals surface area contributed by atoms with Gasteiger partial charge in [0.2, 0.25) is 5.91 Å². The number of nitrogens with one attached hydrogen (secondary N) is 2. The second-order valence-corrected chi connectivity index (χ2v) is 6.65. The molecule has 148 valence electrons. The van der Waals surface area contributed by atoms with Crippen LogP contribution in [-0.2, 0) is 9.59 Å². The Morgan fingerprint density at radius 2 is 1.34 bits per heavy atom. The third-order valence-electron chi connectivity index (χ3n) is 4.38. The highest BCUT2D eigenvalue weighted by molar-refractivity contribution is 5.95. The summed E-state index contributed by atoms with van der Waals surface area (Å²) < 4.78 is 5.90. The summed E-state index contributed by atoms with van der Waals surface area (Å²) in [6.45, 7) is 3.35. The van der Waals surface area contributed by atoms with E-state index in [4.69, 9.17) is 4.74 Å². The molecule has 0 aliphatic rings. The first kappa shape index (κ1) is 20.1. The van der Waals surface area contributed by atoms with Crippen LogP contribution < -0.4 is 15.4 Å². The van der Waals surface area contributed by atoms with E-state index in [-0.39, 0.29) is 11.8 Å². The second kappa shape index (κ2) is 9.55. The molecule has 1 atom stereocenters. The lowest BCUT2D eigenvalue weighted by Crippen LogP contribution is -2.32. The van der Waals surface area contributed by atoms with E-state index in [9.17, 15) is 9.59 Å². The van der Waals surface area contributed by atoms with E-state index >= 15 is 0 Å². The predicted octanol–water partition coefficient (Wildman–Crippen LogP) is 5.11. The molecule has 0 aliphatic carbocycles. The van der Waals surface area contributed by atoms with Gasteiger partial charge in [-0.05, 0) is 53.9 Å². The minimum absolute atomic E-state index is 0.139. The minimum Gasteiger partial charge on any atom is -0.481 e. The smallest absolute Gasteiger partial charge is 0.265 e. The number of carbonyl (C=O) groups excluding carboxylic acids is 2. The lowest BCUT2D eigenvalue weighted by Gasteiger charge is -2.18. The highest BCUT2D eigenvalue weighted by atomic mass is 16.5. The molecular formula is C24H24N2O3. The van der Waals surface area contributed by atoms with Crippen molar-refractivity contribution >= 4 is 23.2 Å². The molecule has 0 aliphatic heterocycles. The van der Waals surface area contributed by atoms with Crippen molar-refractivity contribution in [2.45, 2.75) is 26.4 Å². The quantitative estimate of drug-likeness (QED) is 0.591. The number of ether oxygens (including phenoxy) is 1. The molecule has 3 rings (SSSR count). The van der Waals surface area contributed by atoms with Crippen LogP contribution in [0, 0.1) is 0 Å². The molecule has 29 heavy (non-hydrogen) atoms. The molecule has 0 bridgehead atoms. The van der Waals surface area contributed by atoms with Crippen LogP contribution in [0.2, 0.25) is 0 Å². The molecule has 2 N–H and O–H groups in total. The first-order chi connectivity index (χ1) is 14.0. The summed E-state index contributed by atoms with van der Waals surface area (Å²) in [5.41, 5.74) is 3.55. The predicted molar refractivity (Wildman–Crippen MR) is 116 cm³/mol. The summed E-state index contributed by atoms with van der Waals surface area (Å²) >= 11 is 0. The molecule has 2 amide bonds. The maximum atomic E-state index is 12.6. The van der Waals surface area contributed by atoms with E-state index in [2.05, 4.69) is 22.8 Å². The molecule has 3 aromatic rings. The van der Waals surface area contributed by atoms with Crippen molar-refractivity contribution in [2.24, 2.45) is 0 Å². The molecule has 3 aromatic carbocycles. The minimum atomic E-state index is -0.604. The SMILES string of the molecule is CCC(Oc1ccc(-c2ccccc2)cc1)C(=O)Nc1ccc(NC(C)=O)cc1. The standard InChI is InChI=1S/C24H24N2O3/c1-3-23(24(28)26-21-13-11-20(12-14-21)25-17(2)27)29-22-15-9-19(10-16-22)18-7-5-4-6-8-18/h4-16,23H,3H2,1-2H3,(H,25,27)(H,26,28). The average molecular weight is 388 g/mol. The Morgan fingerprint density at radius 3 is 1.90 bits per heavy atom. The fourth-order valence-electron chi connectivity index (χ4n) is 2.91. The van der Waals surface area contributed by atoms with E-state index < -0.39 is 6.10 Å². The van der Waals surface area contributed by atoms with Crippen LogP contribution >= 0.6 is 0 Å². The molecule has 0 saturated heterocycles. The van der Waals surface area contributed by atoms with Gasteiger partial charge in [-0.2, -0.15) is 0 Å². The van der Waals surface area contributed by atoms with Gasteiger partial charge < -0.3 is 15.4 Å². The van der Waals surface area contributed by atoms with Crippen LogP contribution in [0.15, 0.2) is 78.9 Å². The van der Waals surface area contributed by atoms with Gasteiger partial charge in [0, 0.05) is 18.3 Å². The van der Waals surface area contributed by atoms with Crippen LogP contribution in [0.25, 0.3) is 11.1 Å². The number of anilines is 2. The fourth-order valence-corrected chi connectivity index (χ4v) is 2.91. The molecule has 0 saturated carbocycles. The number of carbonyl (C=O) groups is 2. The van der Waals surface area contributed by atoms with Crippen molar-refractivity contribution in [2.75, 3.05) is 10.6 Å². The Balaban J connectivity index is 1.61. The lowest BCUT2D eigenvalue weighted by atomic mass is 10.1. The third kappa shape index (κ3) is 5.69. The van der Waals surface area contributed by atoms with E-state index in [0.29, 0.717) is 23.5 Å². The van der Waals surface area contributed by atoms with Gasteiger partial charge >= 0.3 is 0 Å². The number of benzene rings is 3. The molecule has 0 heterocycles.